The van der Waals surface area contributed by atoms with Crippen LogP contribution in [0, 0.1) is 0 Å². The van der Waals surface area contributed by atoms with Gasteiger partial charge in [0.2, 0.25) is 0 Å². The van der Waals surface area contributed by atoms with Crippen molar-refractivity contribution in [2.75, 3.05) is 4.90 Å². The lowest BCUT2D eigenvalue weighted by Crippen LogP contribution is -2.37. The van der Waals surface area contributed by atoms with Crippen LogP contribution in [0.2, 0.25) is 0 Å². The fraction of sp³-hybridized carbons (Fsp3) is 0.0233. The summed E-state index contributed by atoms with van der Waals surface area (Å²) in [5, 5.41) is 2.20. The maximum absolute atomic E-state index is 6.53. The van der Waals surface area contributed by atoms with Gasteiger partial charge in [0.05, 0.1) is 11.0 Å². The van der Waals surface area contributed by atoms with Gasteiger partial charge in [-0.05, 0) is 78.4 Å². The van der Waals surface area contributed by atoms with Crippen molar-refractivity contribution in [3.05, 3.63) is 186 Å². The van der Waals surface area contributed by atoms with Crippen molar-refractivity contribution in [1.82, 2.24) is 0 Å². The van der Waals surface area contributed by atoms with Gasteiger partial charge in [-0.25, -0.2) is 0 Å². The average molecular weight is 606 g/mol. The van der Waals surface area contributed by atoms with Crippen LogP contribution in [0.25, 0.3) is 21.9 Å². The van der Waals surface area contributed by atoms with E-state index in [0.717, 1.165) is 84.3 Å². The van der Waals surface area contributed by atoms with E-state index in [-0.39, 0.29) is 0 Å². The molecule has 8 aromatic rings. The van der Waals surface area contributed by atoms with E-state index in [9.17, 15) is 0 Å². The van der Waals surface area contributed by atoms with Crippen molar-refractivity contribution >= 4 is 39.0 Å². The predicted molar refractivity (Wildman–Crippen MR) is 187 cm³/mol. The topological polar surface area (TPSA) is 34.8 Å². The van der Waals surface area contributed by atoms with E-state index in [4.69, 9.17) is 13.9 Å². The molecule has 0 fully saturated rings. The second-order valence-corrected chi connectivity index (χ2v) is 12.1. The van der Waals surface area contributed by atoms with Crippen LogP contribution >= 0.6 is 0 Å². The minimum absolute atomic E-state index is 0.625. The van der Waals surface area contributed by atoms with Gasteiger partial charge in [0.1, 0.15) is 34.2 Å². The molecule has 0 bridgehead atoms. The summed E-state index contributed by atoms with van der Waals surface area (Å²) in [4.78, 5) is 2.30. The largest absolute Gasteiger partial charge is 0.457 e. The smallest absolute Gasteiger partial charge is 0.135 e. The number of fused-ring (bicyclic) bond motifs is 7. The molecule has 2 aliphatic heterocycles. The first-order valence-electron chi connectivity index (χ1n) is 15.8. The van der Waals surface area contributed by atoms with Crippen LogP contribution in [0.1, 0.15) is 22.3 Å². The molecule has 0 saturated heterocycles. The monoisotopic (exact) mass is 605 g/mol. The van der Waals surface area contributed by atoms with E-state index in [1.807, 2.05) is 42.5 Å². The molecule has 0 spiro atoms. The first kappa shape index (κ1) is 26.0. The minimum atomic E-state index is -0.625. The highest BCUT2D eigenvalue weighted by Gasteiger charge is 2.51. The maximum Gasteiger partial charge on any atom is 0.135 e. The minimum Gasteiger partial charge on any atom is -0.457 e. The highest BCUT2D eigenvalue weighted by Crippen LogP contribution is 2.62. The summed E-state index contributed by atoms with van der Waals surface area (Å²) in [6.07, 6.45) is 0. The van der Waals surface area contributed by atoms with Crippen LogP contribution in [0.15, 0.2) is 168 Å². The van der Waals surface area contributed by atoms with Gasteiger partial charge in [-0.1, -0.05) is 91.0 Å². The third-order valence-electron chi connectivity index (χ3n) is 9.58. The molecule has 0 unspecified atom stereocenters. The van der Waals surface area contributed by atoms with E-state index < -0.39 is 5.41 Å². The van der Waals surface area contributed by atoms with E-state index in [1.54, 1.807) is 0 Å². The summed E-state index contributed by atoms with van der Waals surface area (Å²) < 4.78 is 19.2. The summed E-state index contributed by atoms with van der Waals surface area (Å²) in [6, 6.07) is 57.0. The fourth-order valence-electron chi connectivity index (χ4n) is 7.63. The van der Waals surface area contributed by atoms with Crippen molar-refractivity contribution in [3.8, 4) is 23.0 Å². The zero-order valence-electron chi connectivity index (χ0n) is 25.3. The van der Waals surface area contributed by atoms with E-state index >= 15 is 0 Å². The third kappa shape index (κ3) is 3.70. The number of para-hydroxylation sites is 4. The Balaban J connectivity index is 1.19. The molecule has 4 heteroatoms. The molecule has 0 atom stereocenters. The Hall–Kier alpha value is -6.26. The fourth-order valence-corrected chi connectivity index (χ4v) is 7.63. The van der Waals surface area contributed by atoms with E-state index in [1.165, 1.54) is 0 Å². The predicted octanol–water partition coefficient (Wildman–Crippen LogP) is 11.6. The number of rotatable bonds is 4. The first-order chi connectivity index (χ1) is 23.3. The van der Waals surface area contributed by atoms with Gasteiger partial charge < -0.3 is 18.8 Å². The summed E-state index contributed by atoms with van der Waals surface area (Å²) in [7, 11) is 0. The lowest BCUT2D eigenvalue weighted by Gasteiger charge is -2.45. The molecular formula is C43H27NO3. The van der Waals surface area contributed by atoms with Crippen LogP contribution in [0.4, 0.5) is 17.1 Å². The zero-order chi connectivity index (χ0) is 31.0. The molecule has 0 saturated carbocycles. The standard InChI is InChI=1S/C43H27NO3/c1-2-11-29(12-3-1)44(31-25-26-37-33(27-31)32-13-4-7-16-36(32)45-37)30-23-21-28(22-24-30)43-34-14-5-8-17-38(34)46-40-19-10-20-41(42(40)43)47-39-18-9-6-15-35(39)43/h1-27H. The van der Waals surface area contributed by atoms with Gasteiger partial charge in [-0.2, -0.15) is 0 Å². The summed E-state index contributed by atoms with van der Waals surface area (Å²) in [5.74, 6) is 3.33. The molecule has 2 aliphatic rings. The van der Waals surface area contributed by atoms with Crippen molar-refractivity contribution in [1.29, 1.82) is 0 Å². The number of furan rings is 1. The lowest BCUT2D eigenvalue weighted by molar-refractivity contribution is 0.385. The molecule has 1 aromatic heterocycles. The summed E-state index contributed by atoms with van der Waals surface area (Å²) >= 11 is 0. The molecule has 7 aromatic carbocycles. The molecule has 10 rings (SSSR count). The molecule has 222 valence electrons. The normalized spacial score (nSPS) is 13.6. The highest BCUT2D eigenvalue weighted by atomic mass is 16.5. The van der Waals surface area contributed by atoms with Crippen molar-refractivity contribution < 1.29 is 13.9 Å². The van der Waals surface area contributed by atoms with Crippen LogP contribution in [-0.2, 0) is 5.41 Å². The molecule has 3 heterocycles. The molecular weight excluding hydrogens is 578 g/mol. The molecule has 47 heavy (non-hydrogen) atoms. The maximum atomic E-state index is 6.53. The quantitative estimate of drug-likeness (QED) is 0.200. The van der Waals surface area contributed by atoms with Gasteiger partial charge in [0.15, 0.2) is 0 Å². The van der Waals surface area contributed by atoms with Crippen LogP contribution in [-0.4, -0.2) is 0 Å². The van der Waals surface area contributed by atoms with E-state index in [0.29, 0.717) is 0 Å². The van der Waals surface area contributed by atoms with Crippen molar-refractivity contribution in [3.63, 3.8) is 0 Å². The number of hydrogen-bond acceptors (Lipinski definition) is 4. The Morgan fingerprint density at radius 3 is 1.68 bits per heavy atom. The Morgan fingerprint density at radius 2 is 0.957 bits per heavy atom. The van der Waals surface area contributed by atoms with E-state index in [2.05, 4.69) is 126 Å². The Kier molecular flexibility index (Phi) is 5.46. The number of benzene rings is 7. The Bertz CT molecular complexity index is 2410. The highest BCUT2D eigenvalue weighted by molar-refractivity contribution is 6.06. The average Bonchev–Trinajstić information content (AvgIpc) is 3.50. The number of anilines is 3. The second-order valence-electron chi connectivity index (χ2n) is 12.1. The summed E-state index contributed by atoms with van der Waals surface area (Å²) in [6.45, 7) is 0. The Labute approximate surface area is 271 Å². The van der Waals surface area contributed by atoms with Crippen LogP contribution in [0.3, 0.4) is 0 Å². The SMILES string of the molecule is c1ccc(N(c2ccc(C34c5ccccc5Oc5cccc(c53)Oc3ccccc34)cc2)c2ccc3oc4ccccc4c3c2)cc1. The lowest BCUT2D eigenvalue weighted by atomic mass is 9.62. The third-order valence-corrected chi connectivity index (χ3v) is 9.58. The number of ether oxygens (including phenoxy) is 2. The van der Waals surface area contributed by atoms with Gasteiger partial charge >= 0.3 is 0 Å². The van der Waals surface area contributed by atoms with Crippen molar-refractivity contribution in [2.45, 2.75) is 5.41 Å². The first-order valence-corrected chi connectivity index (χ1v) is 15.8. The van der Waals surface area contributed by atoms with Gasteiger partial charge in [0, 0.05) is 39.0 Å². The van der Waals surface area contributed by atoms with Crippen LogP contribution in [0.5, 0.6) is 23.0 Å². The molecule has 0 N–H and O–H groups in total. The number of hydrogen-bond donors (Lipinski definition) is 0. The molecule has 0 radical (unpaired) electrons. The van der Waals surface area contributed by atoms with Crippen LogP contribution < -0.4 is 14.4 Å². The molecule has 4 nitrogen and oxygen atoms in total. The second kappa shape index (κ2) is 9.87. The Morgan fingerprint density at radius 1 is 0.404 bits per heavy atom. The zero-order valence-corrected chi connectivity index (χ0v) is 25.3. The molecule has 0 aliphatic carbocycles. The molecule has 0 amide bonds. The summed E-state index contributed by atoms with van der Waals surface area (Å²) in [5.41, 5.74) is 8.70. The van der Waals surface area contributed by atoms with Gasteiger partial charge in [0.25, 0.3) is 0 Å². The van der Waals surface area contributed by atoms with Gasteiger partial charge in [-0.3, -0.25) is 0 Å². The van der Waals surface area contributed by atoms with Gasteiger partial charge in [-0.15, -0.1) is 0 Å². The number of nitrogens with zero attached hydrogens (tertiary/aromatic N) is 1. The van der Waals surface area contributed by atoms with Crippen molar-refractivity contribution in [2.24, 2.45) is 0 Å².